The third kappa shape index (κ3) is 3.95. The average Bonchev–Trinajstić information content (AvgIpc) is 3.58. The van der Waals surface area contributed by atoms with E-state index in [9.17, 15) is 4.79 Å². The zero-order chi connectivity index (χ0) is 24.5. The van der Waals surface area contributed by atoms with Crippen LogP contribution in [0.1, 0.15) is 0 Å². The summed E-state index contributed by atoms with van der Waals surface area (Å²) in [6.07, 6.45) is 0. The molecular formula is C28H23N5O2S. The molecule has 36 heavy (non-hydrogen) atoms. The molecule has 0 spiro atoms. The Labute approximate surface area is 211 Å². The highest BCUT2D eigenvalue weighted by Gasteiger charge is 2.23. The first-order chi connectivity index (χ1) is 17.7. The van der Waals surface area contributed by atoms with Gasteiger partial charge in [0, 0.05) is 11.3 Å². The standard InChI is InChI=1S/C28H23N5O2S/c1-35-21-14-12-19(13-15-21)23-25(31-28-29-16-17-36-28)30-26-22(18-8-4-2-5-9-18)24(32-33(26)27(23)34)20-10-6-3-7-11-20/h2-15,30H,16-17H2,1H3,(H,29,31). The number of fused-ring (bicyclic) bond motifs is 1. The maximum atomic E-state index is 14.1. The molecule has 2 aromatic heterocycles. The molecule has 0 amide bonds. The molecule has 5 aromatic rings. The third-order valence-corrected chi connectivity index (χ3v) is 6.98. The summed E-state index contributed by atoms with van der Waals surface area (Å²) in [6, 6.07) is 27.4. The predicted molar refractivity (Wildman–Crippen MR) is 147 cm³/mol. The van der Waals surface area contributed by atoms with Crippen LogP contribution in [0.2, 0.25) is 0 Å². The number of hydrogen-bond acceptors (Lipinski definition) is 6. The molecule has 0 bridgehead atoms. The van der Waals surface area contributed by atoms with Crippen molar-refractivity contribution in [3.63, 3.8) is 0 Å². The summed E-state index contributed by atoms with van der Waals surface area (Å²) in [6.45, 7) is 0.747. The van der Waals surface area contributed by atoms with Crippen molar-refractivity contribution in [3.8, 4) is 39.3 Å². The number of thioether (sulfide) groups is 1. The lowest BCUT2D eigenvalue weighted by Gasteiger charge is -2.13. The van der Waals surface area contributed by atoms with Gasteiger partial charge in [-0.3, -0.25) is 9.79 Å². The number of nitrogens with zero attached hydrogens (tertiary/aromatic N) is 3. The summed E-state index contributed by atoms with van der Waals surface area (Å²) >= 11 is 1.64. The zero-order valence-electron chi connectivity index (χ0n) is 19.6. The normalized spacial score (nSPS) is 13.1. The lowest BCUT2D eigenvalue weighted by molar-refractivity contribution is 0.415. The first kappa shape index (κ1) is 22.2. The van der Waals surface area contributed by atoms with E-state index in [1.165, 1.54) is 4.52 Å². The molecule has 178 valence electrons. The highest BCUT2D eigenvalue weighted by molar-refractivity contribution is 8.14. The lowest BCUT2D eigenvalue weighted by atomic mass is 10.0. The van der Waals surface area contributed by atoms with E-state index >= 15 is 0 Å². The molecule has 7 nitrogen and oxygen atoms in total. The Hall–Kier alpha value is -4.30. The first-order valence-corrected chi connectivity index (χ1v) is 12.6. The van der Waals surface area contributed by atoms with Crippen LogP contribution in [-0.4, -0.2) is 39.2 Å². The average molecular weight is 494 g/mol. The van der Waals surface area contributed by atoms with Crippen molar-refractivity contribution in [2.45, 2.75) is 0 Å². The van der Waals surface area contributed by atoms with Gasteiger partial charge in [-0.15, -0.1) is 0 Å². The van der Waals surface area contributed by atoms with Gasteiger partial charge in [0.1, 0.15) is 22.9 Å². The van der Waals surface area contributed by atoms with Crippen LogP contribution in [0, 0.1) is 0 Å². The number of benzene rings is 3. The summed E-state index contributed by atoms with van der Waals surface area (Å²) in [4.78, 5) is 22.1. The minimum absolute atomic E-state index is 0.223. The molecule has 3 aromatic carbocycles. The monoisotopic (exact) mass is 493 g/mol. The Morgan fingerprint density at radius 3 is 2.19 bits per heavy atom. The summed E-state index contributed by atoms with van der Waals surface area (Å²) in [7, 11) is 1.62. The molecule has 0 saturated carbocycles. The van der Waals surface area contributed by atoms with Gasteiger partial charge in [0.05, 0.1) is 24.8 Å². The smallest absolute Gasteiger partial charge is 0.284 e. The zero-order valence-corrected chi connectivity index (χ0v) is 20.4. The molecule has 0 atom stereocenters. The molecule has 8 heteroatoms. The van der Waals surface area contributed by atoms with Gasteiger partial charge >= 0.3 is 0 Å². The highest BCUT2D eigenvalue weighted by Crippen LogP contribution is 2.36. The minimum Gasteiger partial charge on any atom is -0.497 e. The van der Waals surface area contributed by atoms with E-state index < -0.39 is 0 Å². The van der Waals surface area contributed by atoms with Crippen LogP contribution < -0.4 is 15.6 Å². The molecule has 6 rings (SSSR count). The Kier molecular flexibility index (Phi) is 5.79. The Bertz CT molecular complexity index is 1620. The van der Waals surface area contributed by atoms with Crippen LogP contribution in [0.3, 0.4) is 0 Å². The number of hydrogen-bond donors (Lipinski definition) is 2. The van der Waals surface area contributed by atoms with Gasteiger partial charge in [-0.2, -0.15) is 9.61 Å². The van der Waals surface area contributed by atoms with Crippen molar-refractivity contribution < 1.29 is 4.74 Å². The lowest BCUT2D eigenvalue weighted by Crippen LogP contribution is -2.21. The van der Waals surface area contributed by atoms with E-state index in [0.717, 1.165) is 51.2 Å². The second-order valence-electron chi connectivity index (χ2n) is 8.29. The number of anilines is 1. The Morgan fingerprint density at radius 2 is 1.56 bits per heavy atom. The van der Waals surface area contributed by atoms with Crippen LogP contribution in [0.15, 0.2) is 94.7 Å². The van der Waals surface area contributed by atoms with Crippen molar-refractivity contribution in [1.29, 1.82) is 0 Å². The van der Waals surface area contributed by atoms with Crippen molar-refractivity contribution in [3.05, 3.63) is 95.3 Å². The summed E-state index contributed by atoms with van der Waals surface area (Å²) in [5.41, 5.74) is 5.14. The fourth-order valence-corrected chi connectivity index (χ4v) is 5.12. The second kappa shape index (κ2) is 9.39. The molecule has 0 aliphatic carbocycles. The Balaban J connectivity index is 1.66. The number of methoxy groups -OCH3 is 1. The van der Waals surface area contributed by atoms with E-state index in [-0.39, 0.29) is 5.56 Å². The third-order valence-electron chi connectivity index (χ3n) is 6.09. The molecule has 1 aliphatic heterocycles. The first-order valence-electron chi connectivity index (χ1n) is 11.6. The maximum absolute atomic E-state index is 14.1. The van der Waals surface area contributed by atoms with Crippen molar-refractivity contribution >= 4 is 28.4 Å². The van der Waals surface area contributed by atoms with E-state index in [4.69, 9.17) is 9.84 Å². The SMILES string of the molecule is COc1ccc(-c2c(NC3=NCCS3)[nH]c3c(-c4ccccc4)c(-c4ccccc4)nn3c2=O)cc1. The Morgan fingerprint density at radius 1 is 0.889 bits per heavy atom. The van der Waals surface area contributed by atoms with Gasteiger partial charge in [0.25, 0.3) is 5.56 Å². The number of rotatable bonds is 5. The van der Waals surface area contributed by atoms with Gasteiger partial charge in [-0.25, -0.2) is 0 Å². The summed E-state index contributed by atoms with van der Waals surface area (Å²) in [5.74, 6) is 2.22. The number of aromatic amines is 1. The predicted octanol–water partition coefficient (Wildman–Crippen LogP) is 5.55. The van der Waals surface area contributed by atoms with Gasteiger partial charge in [0.15, 0.2) is 5.17 Å². The number of aliphatic imine (C=N–C) groups is 1. The van der Waals surface area contributed by atoms with Crippen LogP contribution >= 0.6 is 11.8 Å². The second-order valence-corrected chi connectivity index (χ2v) is 9.37. The molecule has 1 aliphatic rings. The quantitative estimate of drug-likeness (QED) is 0.336. The minimum atomic E-state index is -0.223. The fourth-order valence-electron chi connectivity index (χ4n) is 4.39. The van der Waals surface area contributed by atoms with Crippen molar-refractivity contribution in [2.24, 2.45) is 4.99 Å². The molecule has 3 heterocycles. The van der Waals surface area contributed by atoms with Crippen LogP contribution in [0.5, 0.6) is 5.75 Å². The van der Waals surface area contributed by atoms with Gasteiger partial charge in [-0.05, 0) is 23.3 Å². The highest BCUT2D eigenvalue weighted by atomic mass is 32.2. The van der Waals surface area contributed by atoms with Gasteiger partial charge < -0.3 is 15.0 Å². The van der Waals surface area contributed by atoms with Crippen LogP contribution in [0.4, 0.5) is 5.82 Å². The molecule has 0 radical (unpaired) electrons. The number of ether oxygens (including phenoxy) is 1. The molecule has 0 fully saturated rings. The summed E-state index contributed by atoms with van der Waals surface area (Å²) < 4.78 is 6.79. The summed E-state index contributed by atoms with van der Waals surface area (Å²) in [5, 5.41) is 9.00. The van der Waals surface area contributed by atoms with Gasteiger partial charge in [-0.1, -0.05) is 84.6 Å². The molecule has 0 saturated heterocycles. The van der Waals surface area contributed by atoms with E-state index in [1.807, 2.05) is 84.9 Å². The van der Waals surface area contributed by atoms with E-state index in [0.29, 0.717) is 17.0 Å². The molecule has 0 unspecified atom stereocenters. The molecule has 2 N–H and O–H groups in total. The van der Waals surface area contributed by atoms with Crippen LogP contribution in [-0.2, 0) is 0 Å². The fraction of sp³-hybridized carbons (Fsp3) is 0.107. The number of H-pyrrole nitrogens is 1. The van der Waals surface area contributed by atoms with Crippen LogP contribution in [0.25, 0.3) is 39.2 Å². The number of aromatic nitrogens is 3. The van der Waals surface area contributed by atoms with E-state index in [1.54, 1.807) is 18.9 Å². The number of amidine groups is 1. The molecular weight excluding hydrogens is 470 g/mol. The topological polar surface area (TPSA) is 83.8 Å². The number of nitrogens with one attached hydrogen (secondary N) is 2. The van der Waals surface area contributed by atoms with Gasteiger partial charge in [0.2, 0.25) is 0 Å². The van der Waals surface area contributed by atoms with Crippen molar-refractivity contribution in [2.75, 3.05) is 24.7 Å². The van der Waals surface area contributed by atoms with E-state index in [2.05, 4.69) is 15.3 Å². The van der Waals surface area contributed by atoms with Crippen molar-refractivity contribution in [1.82, 2.24) is 14.6 Å². The largest absolute Gasteiger partial charge is 0.497 e. The maximum Gasteiger partial charge on any atom is 0.284 e.